The summed E-state index contributed by atoms with van der Waals surface area (Å²) in [7, 11) is 0. The molecule has 2 aromatic carbocycles. The van der Waals surface area contributed by atoms with E-state index >= 15 is 0 Å². The summed E-state index contributed by atoms with van der Waals surface area (Å²) in [5.74, 6) is 0.686. The highest BCUT2D eigenvalue weighted by molar-refractivity contribution is 5.94. The number of esters is 1. The molecule has 0 heterocycles. The fraction of sp³-hybridized carbons (Fsp3) is 0.550. The maximum Gasteiger partial charge on any atom is 0.408 e. The topological polar surface area (TPSA) is 114 Å². The van der Waals surface area contributed by atoms with Crippen LogP contribution < -0.4 is 10.6 Å². The molecule has 0 aromatic heterocycles. The number of hydrogen-bond acceptors (Lipinski definition) is 6. The molecular formula is C40H57N3O6. The maximum absolute atomic E-state index is 14.6. The molecule has 0 saturated carbocycles. The number of rotatable bonds is 16. The average Bonchev–Trinajstić information content (AvgIpc) is 3.01. The maximum atomic E-state index is 14.6. The van der Waals surface area contributed by atoms with Crippen LogP contribution in [0.2, 0.25) is 0 Å². The van der Waals surface area contributed by atoms with Gasteiger partial charge in [0.05, 0.1) is 0 Å². The van der Waals surface area contributed by atoms with Gasteiger partial charge in [-0.05, 0) is 77.1 Å². The zero-order valence-electron chi connectivity index (χ0n) is 30.9. The van der Waals surface area contributed by atoms with Crippen molar-refractivity contribution >= 4 is 23.9 Å². The Kier molecular flexibility index (Phi) is 15.9. The number of ether oxygens (including phenoxy) is 2. The van der Waals surface area contributed by atoms with Crippen LogP contribution in [0.25, 0.3) is 0 Å². The van der Waals surface area contributed by atoms with Gasteiger partial charge in [-0.15, -0.1) is 6.42 Å². The monoisotopic (exact) mass is 675 g/mol. The van der Waals surface area contributed by atoms with Gasteiger partial charge in [-0.2, -0.15) is 0 Å². The van der Waals surface area contributed by atoms with Crippen molar-refractivity contribution in [2.75, 3.05) is 6.54 Å². The summed E-state index contributed by atoms with van der Waals surface area (Å²) in [4.78, 5) is 57.2. The Bertz CT molecular complexity index is 1400. The minimum atomic E-state index is -1.15. The number of alkyl carbamates (subject to hydrolysis) is 1. The molecule has 2 aromatic rings. The second-order valence-electron chi connectivity index (χ2n) is 14.8. The Morgan fingerprint density at radius 2 is 1.41 bits per heavy atom. The fourth-order valence-electron chi connectivity index (χ4n) is 5.28. The van der Waals surface area contributed by atoms with Gasteiger partial charge in [0.25, 0.3) is 0 Å². The first-order chi connectivity index (χ1) is 23.0. The second-order valence-corrected chi connectivity index (χ2v) is 14.8. The highest BCUT2D eigenvalue weighted by atomic mass is 16.6. The SMILES string of the molecule is C#Cc1ccc(C(C(=O)NC(Cc2ccccc2)C(=O)OC(C)(C)C)N(CCCCCCC)C(=O)C(NC(=O)OC(C)(C)C)C(C)C)cc1. The third-order valence-electron chi connectivity index (χ3n) is 7.63. The summed E-state index contributed by atoms with van der Waals surface area (Å²) in [5.41, 5.74) is 0.395. The molecular weight excluding hydrogens is 618 g/mol. The number of terminal acetylenes is 1. The summed E-state index contributed by atoms with van der Waals surface area (Å²) in [6.07, 6.45) is 9.67. The zero-order chi connectivity index (χ0) is 36.8. The predicted octanol–water partition coefficient (Wildman–Crippen LogP) is 7.13. The first-order valence-corrected chi connectivity index (χ1v) is 17.4. The fourth-order valence-corrected chi connectivity index (χ4v) is 5.28. The lowest BCUT2D eigenvalue weighted by Crippen LogP contribution is -2.56. The van der Waals surface area contributed by atoms with Gasteiger partial charge in [-0.25, -0.2) is 9.59 Å². The summed E-state index contributed by atoms with van der Waals surface area (Å²) in [6.45, 7) is 16.6. The molecule has 3 atom stereocenters. The number of carbonyl (C=O) groups is 4. The number of nitrogens with one attached hydrogen (secondary N) is 2. The van der Waals surface area contributed by atoms with Crippen molar-refractivity contribution in [3.05, 3.63) is 71.3 Å². The normalized spacial score (nSPS) is 13.4. The Morgan fingerprint density at radius 3 is 1.94 bits per heavy atom. The van der Waals surface area contributed by atoms with Gasteiger partial charge in [-0.1, -0.05) is 94.8 Å². The first-order valence-electron chi connectivity index (χ1n) is 17.4. The molecule has 0 aliphatic heterocycles. The second kappa shape index (κ2) is 19.0. The largest absolute Gasteiger partial charge is 0.458 e. The van der Waals surface area contributed by atoms with Crippen molar-refractivity contribution in [3.8, 4) is 12.3 Å². The van der Waals surface area contributed by atoms with E-state index in [9.17, 15) is 19.2 Å². The van der Waals surface area contributed by atoms with Crippen LogP contribution in [0.4, 0.5) is 4.79 Å². The van der Waals surface area contributed by atoms with Crippen LogP contribution >= 0.6 is 0 Å². The van der Waals surface area contributed by atoms with E-state index in [0.29, 0.717) is 17.5 Å². The van der Waals surface area contributed by atoms with Crippen LogP contribution in [0.15, 0.2) is 54.6 Å². The van der Waals surface area contributed by atoms with E-state index in [0.717, 1.165) is 31.2 Å². The number of nitrogens with zero attached hydrogens (tertiary/aromatic N) is 1. The number of amides is 3. The van der Waals surface area contributed by atoms with Crippen molar-refractivity contribution < 1.29 is 28.7 Å². The molecule has 0 aliphatic carbocycles. The van der Waals surface area contributed by atoms with Crippen LogP contribution in [-0.4, -0.2) is 58.6 Å². The zero-order valence-corrected chi connectivity index (χ0v) is 30.9. The quantitative estimate of drug-likeness (QED) is 0.111. The van der Waals surface area contributed by atoms with Crippen LogP contribution in [0.1, 0.15) is 117 Å². The molecule has 2 rings (SSSR count). The van der Waals surface area contributed by atoms with Gasteiger partial charge in [0, 0.05) is 18.5 Å². The van der Waals surface area contributed by atoms with E-state index in [2.05, 4.69) is 23.5 Å². The van der Waals surface area contributed by atoms with Gasteiger partial charge in [0.15, 0.2) is 0 Å². The summed E-state index contributed by atoms with van der Waals surface area (Å²) >= 11 is 0. The molecule has 3 amide bonds. The van der Waals surface area contributed by atoms with Crippen molar-refractivity contribution in [2.24, 2.45) is 5.92 Å². The lowest BCUT2D eigenvalue weighted by molar-refractivity contribution is -0.159. The standard InChI is InChI=1S/C40H57N3O6/c1-11-13-14-15-19-26-43(36(45)33(28(3)4)42-38(47)49-40(8,9)10)34(31-24-22-29(12-2)23-25-31)35(44)41-32(37(46)48-39(5,6)7)27-30-20-17-16-18-21-30/h2,16-18,20-25,28,32-34H,11,13-15,19,26-27H2,1,3-10H3,(H,41,44)(H,42,47). The summed E-state index contributed by atoms with van der Waals surface area (Å²) < 4.78 is 11.2. The Hall–Kier alpha value is -4.32. The van der Waals surface area contributed by atoms with E-state index in [1.54, 1.807) is 65.8 Å². The molecule has 0 aliphatic rings. The highest BCUT2D eigenvalue weighted by Gasteiger charge is 2.39. The van der Waals surface area contributed by atoms with Crippen molar-refractivity contribution in [3.63, 3.8) is 0 Å². The van der Waals surface area contributed by atoms with Crippen molar-refractivity contribution in [1.82, 2.24) is 15.5 Å². The minimum Gasteiger partial charge on any atom is -0.458 e. The van der Waals surface area contributed by atoms with Crippen LogP contribution in [0.3, 0.4) is 0 Å². The Labute approximate surface area is 293 Å². The lowest BCUT2D eigenvalue weighted by Gasteiger charge is -2.36. The van der Waals surface area contributed by atoms with E-state index in [1.807, 2.05) is 44.2 Å². The average molecular weight is 676 g/mol. The lowest BCUT2D eigenvalue weighted by atomic mass is 9.97. The number of hydrogen-bond donors (Lipinski definition) is 2. The van der Waals surface area contributed by atoms with Gasteiger partial charge in [0.1, 0.15) is 29.3 Å². The molecule has 0 saturated heterocycles. The molecule has 49 heavy (non-hydrogen) atoms. The van der Waals surface area contributed by atoms with E-state index in [1.165, 1.54) is 4.90 Å². The third kappa shape index (κ3) is 14.4. The Morgan fingerprint density at radius 1 is 0.816 bits per heavy atom. The number of benzene rings is 2. The molecule has 3 unspecified atom stereocenters. The van der Waals surface area contributed by atoms with Crippen LogP contribution in [0, 0.1) is 18.3 Å². The smallest absolute Gasteiger partial charge is 0.408 e. The number of unbranched alkanes of at least 4 members (excludes halogenated alkanes) is 4. The Balaban J connectivity index is 2.64. The molecule has 0 bridgehead atoms. The molecule has 0 radical (unpaired) electrons. The highest BCUT2D eigenvalue weighted by Crippen LogP contribution is 2.26. The molecule has 0 fully saturated rings. The van der Waals surface area contributed by atoms with Gasteiger partial charge in [-0.3, -0.25) is 9.59 Å². The molecule has 0 spiro atoms. The number of carbonyl (C=O) groups excluding carboxylic acids is 4. The summed E-state index contributed by atoms with van der Waals surface area (Å²) in [5, 5.41) is 5.70. The van der Waals surface area contributed by atoms with Crippen molar-refractivity contribution in [1.29, 1.82) is 0 Å². The van der Waals surface area contributed by atoms with Crippen LogP contribution in [-0.2, 0) is 30.3 Å². The van der Waals surface area contributed by atoms with Gasteiger partial charge in [0.2, 0.25) is 11.8 Å². The summed E-state index contributed by atoms with van der Waals surface area (Å²) in [6, 6.07) is 13.1. The van der Waals surface area contributed by atoms with E-state index in [4.69, 9.17) is 15.9 Å². The van der Waals surface area contributed by atoms with E-state index < -0.39 is 53.2 Å². The molecule has 268 valence electrons. The third-order valence-corrected chi connectivity index (χ3v) is 7.63. The van der Waals surface area contributed by atoms with Crippen LogP contribution in [0.5, 0.6) is 0 Å². The molecule has 9 heteroatoms. The molecule has 2 N–H and O–H groups in total. The minimum absolute atomic E-state index is 0.185. The van der Waals surface area contributed by atoms with Crippen molar-refractivity contribution in [2.45, 2.75) is 130 Å². The van der Waals surface area contributed by atoms with E-state index in [-0.39, 0.29) is 18.9 Å². The predicted molar refractivity (Wildman–Crippen MR) is 194 cm³/mol. The first kappa shape index (κ1) is 40.9. The van der Waals surface area contributed by atoms with Gasteiger partial charge >= 0.3 is 12.1 Å². The molecule has 9 nitrogen and oxygen atoms in total. The van der Waals surface area contributed by atoms with Gasteiger partial charge < -0.3 is 25.0 Å².